The minimum absolute atomic E-state index is 0.0765. The van der Waals surface area contributed by atoms with Crippen molar-refractivity contribution in [1.29, 1.82) is 0 Å². The molecule has 0 aliphatic heterocycles. The van der Waals surface area contributed by atoms with E-state index in [9.17, 15) is 19.7 Å². The van der Waals surface area contributed by atoms with E-state index in [1.807, 2.05) is 18.2 Å². The number of hydrogen-bond donors (Lipinski definition) is 0. The highest BCUT2D eigenvalue weighted by Crippen LogP contribution is 2.29. The van der Waals surface area contributed by atoms with E-state index in [0.717, 1.165) is 0 Å². The molecular formula is C19H15N3O5S. The van der Waals surface area contributed by atoms with Crippen molar-refractivity contribution in [2.75, 3.05) is 4.90 Å². The number of nitrogens with zero attached hydrogens (tertiary/aromatic N) is 3. The molecule has 0 saturated carbocycles. The quantitative estimate of drug-likeness (QED) is 0.353. The van der Waals surface area contributed by atoms with E-state index >= 15 is 0 Å². The van der Waals surface area contributed by atoms with Gasteiger partial charge in [-0.2, -0.15) is 0 Å². The van der Waals surface area contributed by atoms with Crippen molar-refractivity contribution in [1.82, 2.24) is 4.98 Å². The molecule has 3 rings (SSSR count). The van der Waals surface area contributed by atoms with Crippen LogP contribution in [0.4, 0.5) is 16.5 Å². The Morgan fingerprint density at radius 1 is 1.14 bits per heavy atom. The number of benzene rings is 2. The van der Waals surface area contributed by atoms with Gasteiger partial charge in [-0.3, -0.25) is 19.8 Å². The number of aromatic nitrogens is 1. The second-order valence-electron chi connectivity index (χ2n) is 5.69. The van der Waals surface area contributed by atoms with Gasteiger partial charge in [-0.05, 0) is 24.3 Å². The van der Waals surface area contributed by atoms with Crippen molar-refractivity contribution in [3.05, 3.63) is 81.3 Å². The minimum atomic E-state index is -0.615. The molecule has 3 aromatic rings. The lowest BCUT2D eigenvalue weighted by molar-refractivity contribution is -0.384. The van der Waals surface area contributed by atoms with E-state index in [2.05, 4.69) is 4.98 Å². The predicted octanol–water partition coefficient (Wildman–Crippen LogP) is 4.09. The Bertz CT molecular complexity index is 1000. The number of carbonyl (C=O) groups is 2. The van der Waals surface area contributed by atoms with Crippen molar-refractivity contribution < 1.29 is 19.2 Å². The Hall–Kier alpha value is -3.59. The lowest BCUT2D eigenvalue weighted by Crippen LogP contribution is -2.22. The zero-order valence-electron chi connectivity index (χ0n) is 14.8. The summed E-state index contributed by atoms with van der Waals surface area (Å²) < 4.78 is 5.21. The molecule has 0 N–H and O–H groups in total. The molecule has 0 atom stereocenters. The third kappa shape index (κ3) is 4.38. The van der Waals surface area contributed by atoms with Gasteiger partial charge in [-0.25, -0.2) is 9.78 Å². The Morgan fingerprint density at radius 2 is 1.82 bits per heavy atom. The zero-order chi connectivity index (χ0) is 20.1. The van der Waals surface area contributed by atoms with Gasteiger partial charge in [0.1, 0.15) is 6.61 Å². The Morgan fingerprint density at radius 3 is 2.43 bits per heavy atom. The van der Waals surface area contributed by atoms with Crippen molar-refractivity contribution in [2.45, 2.75) is 13.5 Å². The largest absolute Gasteiger partial charge is 0.456 e. The third-order valence-corrected chi connectivity index (χ3v) is 4.60. The van der Waals surface area contributed by atoms with Crippen LogP contribution in [0.2, 0.25) is 0 Å². The summed E-state index contributed by atoms with van der Waals surface area (Å²) in [4.78, 5) is 40.1. The van der Waals surface area contributed by atoms with Crippen LogP contribution < -0.4 is 4.90 Å². The monoisotopic (exact) mass is 397 g/mol. The van der Waals surface area contributed by atoms with Crippen LogP contribution in [0, 0.1) is 10.1 Å². The maximum atomic E-state index is 12.1. The second-order valence-corrected chi connectivity index (χ2v) is 6.53. The average Bonchev–Trinajstić information content (AvgIpc) is 3.15. The summed E-state index contributed by atoms with van der Waals surface area (Å²) in [5.41, 5.74) is 1.29. The topological polar surface area (TPSA) is 103 Å². The van der Waals surface area contributed by atoms with Crippen molar-refractivity contribution in [3.8, 4) is 0 Å². The maximum absolute atomic E-state index is 12.1. The molecule has 1 amide bonds. The van der Waals surface area contributed by atoms with Gasteiger partial charge in [-0.1, -0.05) is 18.2 Å². The first-order valence-electron chi connectivity index (χ1n) is 8.17. The van der Waals surface area contributed by atoms with Crippen LogP contribution in [-0.4, -0.2) is 21.8 Å². The van der Waals surface area contributed by atoms with Crippen LogP contribution in [0.15, 0.2) is 60.0 Å². The number of para-hydroxylation sites is 1. The Balaban J connectivity index is 1.68. The lowest BCUT2D eigenvalue weighted by Gasteiger charge is -2.17. The van der Waals surface area contributed by atoms with E-state index in [1.54, 1.807) is 17.5 Å². The summed E-state index contributed by atoms with van der Waals surface area (Å²) in [5, 5.41) is 12.8. The van der Waals surface area contributed by atoms with Crippen LogP contribution in [0.25, 0.3) is 0 Å². The van der Waals surface area contributed by atoms with Crippen molar-refractivity contribution in [3.63, 3.8) is 0 Å². The SMILES string of the molecule is CC(=O)N(c1ccccc1)c1nc(COC(=O)c2ccc([N+](=O)[O-])cc2)cs1. The Labute approximate surface area is 164 Å². The van der Waals surface area contributed by atoms with Crippen LogP contribution >= 0.6 is 11.3 Å². The van der Waals surface area contributed by atoms with Gasteiger partial charge in [0.2, 0.25) is 5.91 Å². The van der Waals surface area contributed by atoms with Crippen LogP contribution in [-0.2, 0) is 16.1 Å². The number of anilines is 2. The first-order valence-corrected chi connectivity index (χ1v) is 9.05. The molecule has 0 radical (unpaired) electrons. The van der Waals surface area contributed by atoms with E-state index in [1.165, 1.54) is 47.4 Å². The van der Waals surface area contributed by atoms with Crippen LogP contribution in [0.3, 0.4) is 0 Å². The molecule has 0 spiro atoms. The molecule has 8 nitrogen and oxygen atoms in total. The molecule has 28 heavy (non-hydrogen) atoms. The third-order valence-electron chi connectivity index (χ3n) is 3.73. The molecule has 0 saturated heterocycles. The van der Waals surface area contributed by atoms with Crippen LogP contribution in [0.5, 0.6) is 0 Å². The molecule has 142 valence electrons. The maximum Gasteiger partial charge on any atom is 0.338 e. The van der Waals surface area contributed by atoms with Crippen molar-refractivity contribution >= 4 is 39.7 Å². The number of carbonyl (C=O) groups excluding carboxylic acids is 2. The van der Waals surface area contributed by atoms with Crippen LogP contribution in [0.1, 0.15) is 23.0 Å². The molecular weight excluding hydrogens is 382 g/mol. The molecule has 1 heterocycles. The highest BCUT2D eigenvalue weighted by atomic mass is 32.1. The fourth-order valence-corrected chi connectivity index (χ4v) is 3.28. The minimum Gasteiger partial charge on any atom is -0.456 e. The second kappa shape index (κ2) is 8.40. The fourth-order valence-electron chi connectivity index (χ4n) is 2.41. The Kier molecular flexibility index (Phi) is 5.75. The molecule has 0 aliphatic rings. The van der Waals surface area contributed by atoms with Gasteiger partial charge in [0.05, 0.1) is 21.9 Å². The summed E-state index contributed by atoms with van der Waals surface area (Å²) in [5.74, 6) is -0.800. The summed E-state index contributed by atoms with van der Waals surface area (Å²) in [6.45, 7) is 1.37. The van der Waals surface area contributed by atoms with E-state index < -0.39 is 10.9 Å². The molecule has 9 heteroatoms. The van der Waals surface area contributed by atoms with E-state index in [0.29, 0.717) is 16.5 Å². The highest BCUT2D eigenvalue weighted by Gasteiger charge is 2.18. The number of esters is 1. The number of non-ortho nitro benzene ring substituents is 1. The standard InChI is InChI=1S/C19H15N3O5S/c1-13(23)21(16-5-3-2-4-6-16)19-20-15(12-28-19)11-27-18(24)14-7-9-17(10-8-14)22(25)26/h2-10,12H,11H2,1H3. The molecule has 0 unspecified atom stereocenters. The summed E-state index contributed by atoms with van der Waals surface area (Å²) in [6, 6.07) is 14.3. The van der Waals surface area contributed by atoms with E-state index in [-0.39, 0.29) is 23.8 Å². The summed E-state index contributed by atoms with van der Waals surface area (Å²) >= 11 is 1.26. The van der Waals surface area contributed by atoms with E-state index in [4.69, 9.17) is 4.74 Å². The van der Waals surface area contributed by atoms with Gasteiger partial charge in [-0.15, -0.1) is 11.3 Å². The number of ether oxygens (including phenoxy) is 1. The molecule has 0 aliphatic carbocycles. The first-order chi connectivity index (χ1) is 13.5. The number of amides is 1. The van der Waals surface area contributed by atoms with Gasteiger partial charge in [0.25, 0.3) is 5.69 Å². The summed E-state index contributed by atoms with van der Waals surface area (Å²) in [6.07, 6.45) is 0. The lowest BCUT2D eigenvalue weighted by atomic mass is 10.2. The average molecular weight is 397 g/mol. The number of nitro groups is 1. The van der Waals surface area contributed by atoms with Gasteiger partial charge in [0, 0.05) is 24.4 Å². The highest BCUT2D eigenvalue weighted by molar-refractivity contribution is 7.14. The number of hydrogen-bond acceptors (Lipinski definition) is 7. The smallest absolute Gasteiger partial charge is 0.338 e. The van der Waals surface area contributed by atoms with Gasteiger partial charge in [0.15, 0.2) is 5.13 Å². The first kappa shape index (κ1) is 19.2. The molecule has 0 bridgehead atoms. The van der Waals surface area contributed by atoms with Gasteiger partial charge >= 0.3 is 5.97 Å². The fraction of sp³-hybridized carbons (Fsp3) is 0.105. The van der Waals surface area contributed by atoms with Crippen molar-refractivity contribution in [2.24, 2.45) is 0 Å². The predicted molar refractivity (Wildman–Crippen MR) is 104 cm³/mol. The molecule has 1 aromatic heterocycles. The number of rotatable bonds is 6. The zero-order valence-corrected chi connectivity index (χ0v) is 15.6. The number of nitro benzene ring substituents is 1. The molecule has 2 aromatic carbocycles. The molecule has 0 fully saturated rings. The summed E-state index contributed by atoms with van der Waals surface area (Å²) in [7, 11) is 0. The number of thiazole rings is 1. The normalized spacial score (nSPS) is 10.3. The van der Waals surface area contributed by atoms with Gasteiger partial charge < -0.3 is 4.74 Å².